The Balaban J connectivity index is 2.43. The molecular weight excluding hydrogens is 241 g/mol. The van der Waals surface area contributed by atoms with Gasteiger partial charge in [-0.25, -0.2) is 4.39 Å². The van der Waals surface area contributed by atoms with Gasteiger partial charge in [0.15, 0.2) is 0 Å². The van der Waals surface area contributed by atoms with Crippen molar-refractivity contribution in [1.29, 1.82) is 0 Å². The van der Waals surface area contributed by atoms with Crippen molar-refractivity contribution in [1.82, 2.24) is 0 Å². The summed E-state index contributed by atoms with van der Waals surface area (Å²) in [5.41, 5.74) is 2.22. The van der Waals surface area contributed by atoms with Crippen LogP contribution in [0.3, 0.4) is 0 Å². The van der Waals surface area contributed by atoms with E-state index in [9.17, 15) is 4.39 Å². The molecule has 0 unspecified atom stereocenters. The lowest BCUT2D eigenvalue weighted by Gasteiger charge is -2.04. The lowest BCUT2D eigenvalue weighted by molar-refractivity contribution is 0.628. The SMILES string of the molecule is NN=Nc1ccc(-c2ccc(F)cc2)c(Cl)c1. The first kappa shape index (κ1) is 11.5. The molecule has 0 heterocycles. The Morgan fingerprint density at radius 3 is 2.35 bits per heavy atom. The van der Waals surface area contributed by atoms with Crippen molar-refractivity contribution in [2.75, 3.05) is 0 Å². The Morgan fingerprint density at radius 2 is 1.76 bits per heavy atom. The molecule has 2 aromatic rings. The average molecular weight is 250 g/mol. The molecule has 2 N–H and O–H groups in total. The maximum atomic E-state index is 12.8. The molecule has 0 radical (unpaired) electrons. The van der Waals surface area contributed by atoms with Crippen LogP contribution in [0.4, 0.5) is 10.1 Å². The van der Waals surface area contributed by atoms with Gasteiger partial charge in [-0.05, 0) is 29.8 Å². The van der Waals surface area contributed by atoms with E-state index in [0.717, 1.165) is 11.1 Å². The Hall–Kier alpha value is -1.94. The summed E-state index contributed by atoms with van der Waals surface area (Å²) in [7, 11) is 0. The number of hydrogen-bond donors (Lipinski definition) is 1. The van der Waals surface area contributed by atoms with Crippen LogP contribution in [0.15, 0.2) is 52.8 Å². The fourth-order valence-electron chi connectivity index (χ4n) is 1.50. The summed E-state index contributed by atoms with van der Waals surface area (Å²) >= 11 is 6.10. The molecule has 0 amide bonds. The van der Waals surface area contributed by atoms with E-state index in [0.29, 0.717) is 10.7 Å². The highest BCUT2D eigenvalue weighted by atomic mass is 35.5. The van der Waals surface area contributed by atoms with E-state index < -0.39 is 0 Å². The molecule has 0 fully saturated rings. The summed E-state index contributed by atoms with van der Waals surface area (Å²) in [6.45, 7) is 0. The zero-order valence-electron chi connectivity index (χ0n) is 8.77. The largest absolute Gasteiger partial charge is 0.305 e. The number of rotatable bonds is 2. The molecule has 3 nitrogen and oxygen atoms in total. The monoisotopic (exact) mass is 249 g/mol. The van der Waals surface area contributed by atoms with E-state index in [1.807, 2.05) is 0 Å². The quantitative estimate of drug-likeness (QED) is 0.486. The Morgan fingerprint density at radius 1 is 1.06 bits per heavy atom. The highest BCUT2D eigenvalue weighted by Gasteiger charge is 2.04. The van der Waals surface area contributed by atoms with E-state index in [4.69, 9.17) is 17.4 Å². The molecule has 0 aliphatic carbocycles. The van der Waals surface area contributed by atoms with Crippen LogP contribution in [0.5, 0.6) is 0 Å². The summed E-state index contributed by atoms with van der Waals surface area (Å²) in [5.74, 6) is 4.67. The zero-order valence-corrected chi connectivity index (χ0v) is 9.53. The average Bonchev–Trinajstić information content (AvgIpc) is 2.31. The highest BCUT2D eigenvalue weighted by molar-refractivity contribution is 6.33. The van der Waals surface area contributed by atoms with Crippen molar-refractivity contribution in [2.45, 2.75) is 0 Å². The predicted octanol–water partition coefficient (Wildman–Crippen LogP) is 4.10. The van der Waals surface area contributed by atoms with E-state index in [-0.39, 0.29) is 5.82 Å². The van der Waals surface area contributed by atoms with Crippen LogP contribution >= 0.6 is 11.6 Å². The second kappa shape index (κ2) is 4.93. The van der Waals surface area contributed by atoms with Crippen molar-refractivity contribution in [2.24, 2.45) is 16.2 Å². The summed E-state index contributed by atoms with van der Waals surface area (Å²) in [5, 5.41) is 7.37. The van der Waals surface area contributed by atoms with Crippen molar-refractivity contribution < 1.29 is 4.39 Å². The van der Waals surface area contributed by atoms with Crippen molar-refractivity contribution in [3.05, 3.63) is 53.3 Å². The second-order valence-corrected chi connectivity index (χ2v) is 3.79. The first-order chi connectivity index (χ1) is 8.20. The van der Waals surface area contributed by atoms with Crippen LogP contribution in [-0.2, 0) is 0 Å². The fourth-order valence-corrected chi connectivity index (χ4v) is 1.78. The summed E-state index contributed by atoms with van der Waals surface area (Å²) < 4.78 is 12.8. The molecule has 0 aliphatic heterocycles. The number of nitrogens with zero attached hydrogens (tertiary/aromatic N) is 2. The standard InChI is InChI=1S/C12H9ClFN3/c13-12-7-10(16-17-15)5-6-11(12)8-1-3-9(14)4-2-8/h1-7H,(H2,15,16). The van der Waals surface area contributed by atoms with Gasteiger partial charge in [0.1, 0.15) is 5.82 Å². The maximum Gasteiger partial charge on any atom is 0.123 e. The van der Waals surface area contributed by atoms with Crippen LogP contribution in [-0.4, -0.2) is 0 Å². The van der Waals surface area contributed by atoms with Gasteiger partial charge < -0.3 is 5.84 Å². The van der Waals surface area contributed by atoms with Crippen LogP contribution in [0.2, 0.25) is 5.02 Å². The predicted molar refractivity (Wildman–Crippen MR) is 65.5 cm³/mol. The minimum absolute atomic E-state index is 0.279. The van der Waals surface area contributed by atoms with Crippen LogP contribution in [0.25, 0.3) is 11.1 Å². The van der Waals surface area contributed by atoms with Crippen LogP contribution in [0.1, 0.15) is 0 Å². The van der Waals surface area contributed by atoms with Gasteiger partial charge in [0.25, 0.3) is 0 Å². The van der Waals surface area contributed by atoms with Gasteiger partial charge in [-0.2, -0.15) is 0 Å². The first-order valence-electron chi connectivity index (χ1n) is 4.87. The van der Waals surface area contributed by atoms with Crippen LogP contribution in [0, 0.1) is 5.82 Å². The third-order valence-electron chi connectivity index (χ3n) is 2.28. The second-order valence-electron chi connectivity index (χ2n) is 3.39. The maximum absolute atomic E-state index is 12.8. The van der Waals surface area contributed by atoms with Crippen molar-refractivity contribution in [3.63, 3.8) is 0 Å². The van der Waals surface area contributed by atoms with Gasteiger partial charge in [-0.3, -0.25) is 0 Å². The number of nitrogens with two attached hydrogens (primary N) is 1. The molecule has 0 atom stereocenters. The first-order valence-corrected chi connectivity index (χ1v) is 5.25. The topological polar surface area (TPSA) is 50.7 Å². The molecule has 5 heteroatoms. The number of halogens is 2. The Bertz CT molecular complexity index is 552. The van der Waals surface area contributed by atoms with E-state index in [2.05, 4.69) is 10.3 Å². The zero-order chi connectivity index (χ0) is 12.3. The molecule has 0 aliphatic rings. The fraction of sp³-hybridized carbons (Fsp3) is 0. The van der Waals surface area contributed by atoms with Gasteiger partial charge in [0.2, 0.25) is 0 Å². The molecule has 0 saturated carbocycles. The molecule has 0 saturated heterocycles. The lowest BCUT2D eigenvalue weighted by atomic mass is 10.1. The number of benzene rings is 2. The van der Waals surface area contributed by atoms with Gasteiger partial charge in [0.05, 0.1) is 10.7 Å². The Labute approximate surface area is 103 Å². The van der Waals surface area contributed by atoms with Crippen molar-refractivity contribution >= 4 is 17.3 Å². The van der Waals surface area contributed by atoms with E-state index in [1.165, 1.54) is 12.1 Å². The van der Waals surface area contributed by atoms with Gasteiger partial charge >= 0.3 is 0 Å². The molecule has 2 aromatic carbocycles. The molecule has 0 aromatic heterocycles. The molecule has 17 heavy (non-hydrogen) atoms. The summed E-state index contributed by atoms with van der Waals surface area (Å²) in [4.78, 5) is 0. The summed E-state index contributed by atoms with van der Waals surface area (Å²) in [6, 6.07) is 11.3. The van der Waals surface area contributed by atoms with E-state index >= 15 is 0 Å². The molecule has 86 valence electrons. The minimum Gasteiger partial charge on any atom is -0.305 e. The van der Waals surface area contributed by atoms with Gasteiger partial charge in [-0.1, -0.05) is 35.0 Å². The normalized spacial score (nSPS) is 10.9. The molecule has 0 spiro atoms. The third-order valence-corrected chi connectivity index (χ3v) is 2.59. The third kappa shape index (κ3) is 2.60. The number of hydrogen-bond acceptors (Lipinski definition) is 2. The molecule has 0 bridgehead atoms. The lowest BCUT2D eigenvalue weighted by Crippen LogP contribution is -1.81. The van der Waals surface area contributed by atoms with Gasteiger partial charge in [0, 0.05) is 5.56 Å². The van der Waals surface area contributed by atoms with Crippen molar-refractivity contribution in [3.8, 4) is 11.1 Å². The smallest absolute Gasteiger partial charge is 0.123 e. The molecule has 2 rings (SSSR count). The highest BCUT2D eigenvalue weighted by Crippen LogP contribution is 2.31. The summed E-state index contributed by atoms with van der Waals surface area (Å²) in [6.07, 6.45) is 0. The van der Waals surface area contributed by atoms with E-state index in [1.54, 1.807) is 30.3 Å². The molecular formula is C12H9ClFN3. The Kier molecular flexibility index (Phi) is 3.35. The van der Waals surface area contributed by atoms with Gasteiger partial charge in [-0.15, -0.1) is 5.11 Å². The minimum atomic E-state index is -0.279. The van der Waals surface area contributed by atoms with Crippen LogP contribution < -0.4 is 5.84 Å².